The Kier molecular flexibility index (Phi) is 269. The maximum atomic E-state index is 8.36. The molecule has 0 saturated heterocycles. The molecule has 0 aliphatic heterocycles. The van der Waals surface area contributed by atoms with Crippen LogP contribution in [0.25, 0.3) is 0 Å². The van der Waals surface area contributed by atoms with Gasteiger partial charge in [-0.25, -0.2) is 0 Å². The monoisotopic (exact) mass is 304 g/mol. The number of hydrogen-bond donors (Lipinski definition) is 1. The molecule has 0 unspecified atom stereocenters. The molecule has 9 heavy (non-hydrogen) atoms. The zero-order valence-corrected chi connectivity index (χ0v) is 5.77. The largest absolute Gasteiger partial charge is 0.412 e. The smallest absolute Gasteiger partial charge is 0.291 e. The van der Waals surface area contributed by atoms with Crippen LogP contribution in [0.15, 0.2) is 0 Å². The van der Waals surface area contributed by atoms with Crippen LogP contribution in [0.4, 0.5) is 0 Å². The average Bonchev–Trinajstić information content (AvgIpc) is 0.811. The van der Waals surface area contributed by atoms with E-state index in [-0.39, 0.29) is 58.8 Å². The summed E-state index contributed by atoms with van der Waals surface area (Å²) in [4.78, 5) is 8.36. The van der Waals surface area contributed by atoms with Gasteiger partial charge in [-0.3, -0.25) is 0 Å². The summed E-state index contributed by atoms with van der Waals surface area (Å²) < 4.78 is 0. The Balaban J connectivity index is -0.00000000450. The molecule has 0 aromatic rings. The molecule has 0 rings (SSSR count). The molecule has 0 saturated carbocycles. The first-order valence-corrected chi connectivity index (χ1v) is 0.565. The summed E-state index contributed by atoms with van der Waals surface area (Å²) in [6.07, 6.45) is 0. The van der Waals surface area contributed by atoms with Crippen molar-refractivity contribution in [1.29, 1.82) is 0 Å². The summed E-state index contributed by atoms with van der Waals surface area (Å²) in [7, 11) is 0. The number of hydrogen-bond acceptors (Lipinski definition) is 2. The molecule has 0 atom stereocenters. The molecule has 8 nitrogen and oxygen atoms in total. The van der Waals surface area contributed by atoms with E-state index in [0.29, 0.717) is 0 Å². The summed E-state index contributed by atoms with van der Waals surface area (Å²) in [5.41, 5.74) is 0. The molecule has 1 radical (unpaired) electrons. The molecule has 0 aromatic heterocycles. The van der Waals surface area contributed by atoms with Gasteiger partial charge in [-0.2, -0.15) is 0 Å². The van der Waals surface area contributed by atoms with E-state index in [1.165, 1.54) is 0 Å². The minimum atomic E-state index is -1.50. The molecule has 0 heterocycles. The van der Waals surface area contributed by atoms with Gasteiger partial charge in [-0.05, 0) is 0 Å². The molecular weight excluding hydrogens is 295 g/mol. The van der Waals surface area contributed by atoms with Crippen molar-refractivity contribution >= 4 is 0 Å². The maximum absolute atomic E-state index is 8.36. The predicted molar refractivity (Wildman–Crippen MR) is 23.2 cm³/mol. The van der Waals surface area contributed by atoms with Gasteiger partial charge < -0.3 is 27.1 Å². The third-order valence-electron chi connectivity index (χ3n) is 0. The van der Waals surface area contributed by atoms with E-state index in [0.717, 1.165) is 0 Å². The molecular formula is H9NO7Tm. The standard InChI is InChI=1S/HNO3.4H2O.Tm/c2-1(3)4;;;;;/h(H,2,3,4);4*1H2;. The van der Waals surface area contributed by atoms with E-state index >= 15 is 0 Å². The molecule has 0 amide bonds. The fraction of sp³-hybridized carbons (Fsp3) is 0. The van der Waals surface area contributed by atoms with Gasteiger partial charge in [0.05, 0.1) is 0 Å². The van der Waals surface area contributed by atoms with Crippen LogP contribution >= 0.6 is 0 Å². The van der Waals surface area contributed by atoms with Gasteiger partial charge in [0.2, 0.25) is 0 Å². The van der Waals surface area contributed by atoms with Crippen molar-refractivity contribution in [3.8, 4) is 0 Å². The van der Waals surface area contributed by atoms with E-state index in [4.69, 9.17) is 15.3 Å². The second kappa shape index (κ2) is 40.8. The van der Waals surface area contributed by atoms with Crippen molar-refractivity contribution in [2.24, 2.45) is 0 Å². The van der Waals surface area contributed by atoms with E-state index < -0.39 is 5.09 Å². The quantitative estimate of drug-likeness (QED) is 0.357. The predicted octanol–water partition coefficient (Wildman–Crippen LogP) is -3.65. The second-order valence-corrected chi connectivity index (χ2v) is 0.238. The zero-order chi connectivity index (χ0) is 3.58. The first-order valence-electron chi connectivity index (χ1n) is 0.565. The van der Waals surface area contributed by atoms with Gasteiger partial charge >= 0.3 is 0 Å². The fourth-order valence-corrected chi connectivity index (χ4v) is 0. The Hall–Kier alpha value is 0.274. The Morgan fingerprint density at radius 1 is 1.11 bits per heavy atom. The summed E-state index contributed by atoms with van der Waals surface area (Å²) in [6, 6.07) is 0. The summed E-state index contributed by atoms with van der Waals surface area (Å²) >= 11 is 0. The van der Waals surface area contributed by atoms with Crippen molar-refractivity contribution in [1.82, 2.24) is 0 Å². The molecule has 0 aromatic carbocycles. The second-order valence-electron chi connectivity index (χ2n) is 0.238. The molecule has 0 fully saturated rings. The van der Waals surface area contributed by atoms with Crippen LogP contribution < -0.4 is 0 Å². The van der Waals surface area contributed by atoms with Crippen molar-refractivity contribution < 1.29 is 69.1 Å². The van der Waals surface area contributed by atoms with Crippen molar-refractivity contribution in [2.45, 2.75) is 0 Å². The Labute approximate surface area is 79.0 Å². The number of nitrogens with zero attached hydrogens (tertiary/aromatic N) is 1. The summed E-state index contributed by atoms with van der Waals surface area (Å²) in [5.74, 6) is 0. The zero-order valence-electron chi connectivity index (χ0n) is 3.99. The van der Waals surface area contributed by atoms with E-state index in [1.807, 2.05) is 0 Å². The van der Waals surface area contributed by atoms with Crippen LogP contribution in [0, 0.1) is 47.0 Å². The molecule has 0 aliphatic rings. The van der Waals surface area contributed by atoms with Crippen LogP contribution in [0.3, 0.4) is 0 Å². The first-order chi connectivity index (χ1) is 1.73. The van der Waals surface area contributed by atoms with Gasteiger partial charge in [0.15, 0.2) is 0 Å². The molecule has 9 N–H and O–H groups in total. The van der Waals surface area contributed by atoms with E-state index in [9.17, 15) is 0 Å². The van der Waals surface area contributed by atoms with Crippen molar-refractivity contribution in [3.63, 3.8) is 0 Å². The summed E-state index contributed by atoms with van der Waals surface area (Å²) in [6.45, 7) is 0. The SMILES string of the molecule is O.O.O.O.O=[N+]([O-])O.[Tm]. The van der Waals surface area contributed by atoms with Gasteiger partial charge in [-0.15, -0.1) is 10.1 Å². The van der Waals surface area contributed by atoms with E-state index in [1.54, 1.807) is 0 Å². The normalized spacial score (nSPS) is 2.67. The minimum Gasteiger partial charge on any atom is -0.412 e. The first kappa shape index (κ1) is 59.2. The van der Waals surface area contributed by atoms with Crippen molar-refractivity contribution in [3.05, 3.63) is 10.1 Å². The van der Waals surface area contributed by atoms with Crippen LogP contribution in [-0.4, -0.2) is 32.2 Å². The van der Waals surface area contributed by atoms with Gasteiger partial charge in [-0.1, -0.05) is 0 Å². The molecule has 0 aliphatic carbocycles. The average molecular weight is 304 g/mol. The molecule has 9 heteroatoms. The Morgan fingerprint density at radius 2 is 1.11 bits per heavy atom. The molecule has 0 bridgehead atoms. The number of rotatable bonds is 0. The van der Waals surface area contributed by atoms with Crippen LogP contribution in [0.2, 0.25) is 0 Å². The summed E-state index contributed by atoms with van der Waals surface area (Å²) in [5, 5.41) is 13.6. The van der Waals surface area contributed by atoms with Crippen LogP contribution in [-0.2, 0) is 0 Å². The minimum absolute atomic E-state index is 0. The maximum Gasteiger partial charge on any atom is 0.291 e. The van der Waals surface area contributed by atoms with Crippen molar-refractivity contribution in [2.75, 3.05) is 0 Å². The molecule has 0 spiro atoms. The topological polar surface area (TPSA) is 189 Å². The third kappa shape index (κ3) is 4350. The van der Waals surface area contributed by atoms with Gasteiger partial charge in [0.1, 0.15) is 0 Å². The Morgan fingerprint density at radius 3 is 1.11 bits per heavy atom. The van der Waals surface area contributed by atoms with Crippen LogP contribution in [0.5, 0.6) is 0 Å². The van der Waals surface area contributed by atoms with Crippen LogP contribution in [0.1, 0.15) is 0 Å². The molecule has 69 valence electrons. The van der Waals surface area contributed by atoms with E-state index in [2.05, 4.69) is 0 Å². The Bertz CT molecular complexity index is 31.9. The van der Waals surface area contributed by atoms with Gasteiger partial charge in [0.25, 0.3) is 5.09 Å². The van der Waals surface area contributed by atoms with Gasteiger partial charge in [0, 0.05) is 36.9 Å². The third-order valence-corrected chi connectivity index (χ3v) is 0. The fourth-order valence-electron chi connectivity index (χ4n) is 0.